The second-order valence-electron chi connectivity index (χ2n) is 4.37. The van der Waals surface area contributed by atoms with Crippen LogP contribution in [0.15, 0.2) is 23.3 Å². The van der Waals surface area contributed by atoms with Gasteiger partial charge in [-0.2, -0.15) is 0 Å². The van der Waals surface area contributed by atoms with Crippen molar-refractivity contribution in [2.75, 3.05) is 0 Å². The highest BCUT2D eigenvalue weighted by Crippen LogP contribution is 2.22. The predicted molar refractivity (Wildman–Crippen MR) is 61.4 cm³/mol. The van der Waals surface area contributed by atoms with Gasteiger partial charge in [0.1, 0.15) is 0 Å². The number of hydrogen-bond acceptors (Lipinski definition) is 2. The van der Waals surface area contributed by atoms with Crippen LogP contribution in [0.4, 0.5) is 5.82 Å². The summed E-state index contributed by atoms with van der Waals surface area (Å²) >= 11 is 0. The maximum atomic E-state index is 4.28. The number of hydrogen-bond donors (Lipinski definition) is 0. The van der Waals surface area contributed by atoms with Crippen LogP contribution >= 0.6 is 0 Å². The molecule has 0 N–H and O–H groups in total. The molecule has 0 aliphatic rings. The Hall–Kier alpha value is -1.18. The van der Waals surface area contributed by atoms with Crippen molar-refractivity contribution in [3.05, 3.63) is 23.9 Å². The van der Waals surface area contributed by atoms with Crippen LogP contribution in [0.25, 0.3) is 0 Å². The van der Waals surface area contributed by atoms with Gasteiger partial charge in [0.05, 0.1) is 0 Å². The zero-order valence-electron chi connectivity index (χ0n) is 9.41. The molecule has 0 bridgehead atoms. The first-order valence-corrected chi connectivity index (χ1v) is 5.03. The molecule has 0 unspecified atom stereocenters. The highest BCUT2D eigenvalue weighted by molar-refractivity contribution is 5.61. The molecule has 1 rings (SSSR count). The summed E-state index contributed by atoms with van der Waals surface area (Å²) in [5.41, 5.74) is 1.41. The maximum Gasteiger partial charge on any atom is 0.151 e. The highest BCUT2D eigenvalue weighted by Gasteiger charge is 2.13. The number of aromatic nitrogens is 1. The monoisotopic (exact) mass is 190 g/mol. The molecule has 76 valence electrons. The van der Waals surface area contributed by atoms with Crippen molar-refractivity contribution in [3.8, 4) is 0 Å². The minimum absolute atomic E-state index is 0.167. The van der Waals surface area contributed by atoms with E-state index in [1.165, 1.54) is 5.56 Å². The van der Waals surface area contributed by atoms with E-state index in [-0.39, 0.29) is 5.41 Å². The molecule has 0 radical (unpaired) electrons. The largest absolute Gasteiger partial charge is 0.242 e. The molecule has 0 aliphatic carbocycles. The van der Waals surface area contributed by atoms with Crippen molar-refractivity contribution < 1.29 is 0 Å². The lowest BCUT2D eigenvalue weighted by atomic mass is 9.88. The molecular formula is C12H18N2. The molecule has 0 spiro atoms. The third-order valence-electron chi connectivity index (χ3n) is 2.02. The molecule has 0 aliphatic heterocycles. The van der Waals surface area contributed by atoms with Crippen molar-refractivity contribution in [2.24, 2.45) is 4.99 Å². The standard InChI is InChI=1S/C12H18N2/c1-5-8-13-11-7-6-10(9-14-11)12(2,3)4/h6-9H,5H2,1-4H3/b13-8+. The van der Waals surface area contributed by atoms with Crippen LogP contribution in [0.5, 0.6) is 0 Å². The van der Waals surface area contributed by atoms with Gasteiger partial charge in [0.25, 0.3) is 0 Å². The lowest BCUT2D eigenvalue weighted by Crippen LogP contribution is -2.10. The fourth-order valence-corrected chi connectivity index (χ4v) is 1.09. The fraction of sp³-hybridized carbons (Fsp3) is 0.500. The van der Waals surface area contributed by atoms with Gasteiger partial charge in [-0.1, -0.05) is 33.8 Å². The molecule has 2 heteroatoms. The van der Waals surface area contributed by atoms with Gasteiger partial charge >= 0.3 is 0 Å². The summed E-state index contributed by atoms with van der Waals surface area (Å²) in [7, 11) is 0. The number of aliphatic imine (C=N–C) groups is 1. The van der Waals surface area contributed by atoms with Crippen LogP contribution in [-0.2, 0) is 5.41 Å². The Morgan fingerprint density at radius 3 is 2.50 bits per heavy atom. The molecule has 0 saturated heterocycles. The van der Waals surface area contributed by atoms with Crippen molar-refractivity contribution in [2.45, 2.75) is 39.5 Å². The molecule has 0 amide bonds. The molecule has 0 saturated carbocycles. The van der Waals surface area contributed by atoms with Gasteiger partial charge in [0.2, 0.25) is 0 Å². The van der Waals surface area contributed by atoms with Crippen molar-refractivity contribution in [1.82, 2.24) is 4.98 Å². The van der Waals surface area contributed by atoms with Crippen molar-refractivity contribution >= 4 is 12.0 Å². The molecule has 14 heavy (non-hydrogen) atoms. The zero-order chi connectivity index (χ0) is 10.6. The summed E-state index contributed by atoms with van der Waals surface area (Å²) in [6.07, 6.45) is 4.73. The van der Waals surface area contributed by atoms with Gasteiger partial charge in [0.15, 0.2) is 5.82 Å². The summed E-state index contributed by atoms with van der Waals surface area (Å²) in [5.74, 6) is 0.792. The van der Waals surface area contributed by atoms with E-state index in [0.717, 1.165) is 12.2 Å². The minimum Gasteiger partial charge on any atom is -0.242 e. The lowest BCUT2D eigenvalue weighted by molar-refractivity contribution is 0.587. The molecule has 2 nitrogen and oxygen atoms in total. The second-order valence-corrected chi connectivity index (χ2v) is 4.37. The van der Waals surface area contributed by atoms with E-state index >= 15 is 0 Å². The van der Waals surface area contributed by atoms with Crippen LogP contribution < -0.4 is 0 Å². The summed E-state index contributed by atoms with van der Waals surface area (Å²) < 4.78 is 0. The summed E-state index contributed by atoms with van der Waals surface area (Å²) in [6, 6.07) is 4.06. The van der Waals surface area contributed by atoms with E-state index in [4.69, 9.17) is 0 Å². The van der Waals surface area contributed by atoms with E-state index in [1.54, 1.807) is 0 Å². The number of rotatable bonds is 2. The Labute approximate surface area is 86.1 Å². The van der Waals surface area contributed by atoms with Crippen LogP contribution in [-0.4, -0.2) is 11.2 Å². The number of nitrogens with zero attached hydrogens (tertiary/aromatic N) is 2. The summed E-state index contributed by atoms with van der Waals surface area (Å²) in [6.45, 7) is 8.60. The Bertz CT molecular complexity index is 304. The topological polar surface area (TPSA) is 25.2 Å². The average Bonchev–Trinajstić information content (AvgIpc) is 2.14. The SMILES string of the molecule is CC/C=N/c1ccc(C(C)(C)C)cn1. The Morgan fingerprint density at radius 1 is 1.36 bits per heavy atom. The smallest absolute Gasteiger partial charge is 0.151 e. The second kappa shape index (κ2) is 4.36. The average molecular weight is 190 g/mol. The first-order valence-electron chi connectivity index (χ1n) is 5.03. The van der Waals surface area contributed by atoms with E-state index in [1.807, 2.05) is 18.5 Å². The normalized spacial score (nSPS) is 12.3. The third-order valence-corrected chi connectivity index (χ3v) is 2.02. The quantitative estimate of drug-likeness (QED) is 0.655. The van der Waals surface area contributed by atoms with Gasteiger partial charge in [-0.15, -0.1) is 0 Å². The molecule has 0 fully saturated rings. The Morgan fingerprint density at radius 2 is 2.07 bits per heavy atom. The van der Waals surface area contributed by atoms with E-state index in [0.29, 0.717) is 0 Å². The van der Waals surface area contributed by atoms with Gasteiger partial charge < -0.3 is 0 Å². The van der Waals surface area contributed by atoms with Gasteiger partial charge in [0, 0.05) is 12.4 Å². The molecular weight excluding hydrogens is 172 g/mol. The van der Waals surface area contributed by atoms with Crippen LogP contribution in [0.1, 0.15) is 39.7 Å². The Kier molecular flexibility index (Phi) is 3.39. The van der Waals surface area contributed by atoms with Gasteiger partial charge in [-0.3, -0.25) is 0 Å². The van der Waals surface area contributed by atoms with Gasteiger partial charge in [-0.25, -0.2) is 9.98 Å². The first kappa shape index (κ1) is 10.9. The number of pyridine rings is 1. The van der Waals surface area contributed by atoms with Crippen LogP contribution in [0.2, 0.25) is 0 Å². The van der Waals surface area contributed by atoms with Crippen LogP contribution in [0, 0.1) is 0 Å². The minimum atomic E-state index is 0.167. The van der Waals surface area contributed by atoms with E-state index in [2.05, 4.69) is 43.7 Å². The first-order chi connectivity index (χ1) is 6.54. The van der Waals surface area contributed by atoms with E-state index in [9.17, 15) is 0 Å². The lowest BCUT2D eigenvalue weighted by Gasteiger charge is -2.17. The van der Waals surface area contributed by atoms with Crippen LogP contribution in [0.3, 0.4) is 0 Å². The molecule has 1 heterocycles. The molecule has 1 aromatic rings. The maximum absolute atomic E-state index is 4.28. The Balaban J connectivity index is 2.84. The fourth-order valence-electron chi connectivity index (χ4n) is 1.09. The van der Waals surface area contributed by atoms with Crippen molar-refractivity contribution in [1.29, 1.82) is 0 Å². The predicted octanol–water partition coefficient (Wildman–Crippen LogP) is 3.49. The van der Waals surface area contributed by atoms with E-state index < -0.39 is 0 Å². The third kappa shape index (κ3) is 2.95. The summed E-state index contributed by atoms with van der Waals surface area (Å²) in [4.78, 5) is 8.50. The zero-order valence-corrected chi connectivity index (χ0v) is 9.41. The van der Waals surface area contributed by atoms with Crippen molar-refractivity contribution in [3.63, 3.8) is 0 Å². The molecule has 0 aromatic carbocycles. The molecule has 0 atom stereocenters. The molecule has 1 aromatic heterocycles. The summed E-state index contributed by atoms with van der Waals surface area (Å²) in [5, 5.41) is 0. The van der Waals surface area contributed by atoms with Gasteiger partial charge in [-0.05, 0) is 23.5 Å². The highest BCUT2D eigenvalue weighted by atomic mass is 14.9.